The Labute approximate surface area is 95.5 Å². The molecule has 2 rings (SSSR count). The highest BCUT2D eigenvalue weighted by molar-refractivity contribution is 6.20. The lowest BCUT2D eigenvalue weighted by Crippen LogP contribution is -2.40. The average molecular weight is 226 g/mol. The van der Waals surface area contributed by atoms with Crippen LogP contribution < -0.4 is 0 Å². The summed E-state index contributed by atoms with van der Waals surface area (Å²) in [7, 11) is 0. The van der Waals surface area contributed by atoms with Crippen molar-refractivity contribution in [1.29, 1.82) is 0 Å². The van der Waals surface area contributed by atoms with Crippen molar-refractivity contribution in [2.75, 3.05) is 13.1 Å². The standard InChI is InChI=1S/C11H16ClN3/c1-9-5-10(12)7-15(6-9)8-11-13-3-2-4-14-11/h2-4,9-10H,5-8H2,1H3. The zero-order valence-electron chi connectivity index (χ0n) is 8.93. The summed E-state index contributed by atoms with van der Waals surface area (Å²) >= 11 is 6.19. The van der Waals surface area contributed by atoms with Crippen molar-refractivity contribution >= 4 is 11.6 Å². The topological polar surface area (TPSA) is 29.0 Å². The minimum absolute atomic E-state index is 0.275. The van der Waals surface area contributed by atoms with E-state index in [2.05, 4.69) is 21.8 Å². The number of halogens is 1. The van der Waals surface area contributed by atoms with E-state index in [1.807, 2.05) is 6.07 Å². The number of piperidine rings is 1. The molecule has 0 spiro atoms. The number of aromatic nitrogens is 2. The minimum Gasteiger partial charge on any atom is -0.294 e. The predicted molar refractivity (Wildman–Crippen MR) is 60.7 cm³/mol. The summed E-state index contributed by atoms with van der Waals surface area (Å²) in [6.07, 6.45) is 4.69. The van der Waals surface area contributed by atoms with Crippen molar-refractivity contribution in [3.8, 4) is 0 Å². The molecular weight excluding hydrogens is 210 g/mol. The van der Waals surface area contributed by atoms with Gasteiger partial charge in [-0.15, -0.1) is 11.6 Å². The lowest BCUT2D eigenvalue weighted by molar-refractivity contribution is 0.176. The lowest BCUT2D eigenvalue weighted by Gasteiger charge is -2.33. The maximum atomic E-state index is 6.19. The molecule has 0 aliphatic carbocycles. The van der Waals surface area contributed by atoms with E-state index in [0.29, 0.717) is 5.92 Å². The van der Waals surface area contributed by atoms with Gasteiger partial charge in [0.15, 0.2) is 0 Å². The lowest BCUT2D eigenvalue weighted by atomic mass is 10.00. The van der Waals surface area contributed by atoms with Crippen molar-refractivity contribution in [1.82, 2.24) is 14.9 Å². The van der Waals surface area contributed by atoms with E-state index in [1.165, 1.54) is 0 Å². The fourth-order valence-electron chi connectivity index (χ4n) is 2.12. The summed E-state index contributed by atoms with van der Waals surface area (Å²) in [5.74, 6) is 1.56. The van der Waals surface area contributed by atoms with Gasteiger partial charge in [-0.3, -0.25) is 4.90 Å². The Hall–Kier alpha value is -0.670. The van der Waals surface area contributed by atoms with Gasteiger partial charge in [-0.25, -0.2) is 9.97 Å². The monoisotopic (exact) mass is 225 g/mol. The van der Waals surface area contributed by atoms with Gasteiger partial charge < -0.3 is 0 Å². The summed E-state index contributed by atoms with van der Waals surface area (Å²) in [5, 5.41) is 0.275. The van der Waals surface area contributed by atoms with Crippen LogP contribution in [0.3, 0.4) is 0 Å². The molecule has 1 aliphatic rings. The Kier molecular flexibility index (Phi) is 3.54. The molecule has 0 saturated carbocycles. The molecule has 4 heteroatoms. The first-order chi connectivity index (χ1) is 7.24. The molecule has 15 heavy (non-hydrogen) atoms. The van der Waals surface area contributed by atoms with E-state index < -0.39 is 0 Å². The van der Waals surface area contributed by atoms with Crippen LogP contribution in [0.2, 0.25) is 0 Å². The third kappa shape index (κ3) is 3.14. The number of rotatable bonds is 2. The second-order valence-corrected chi connectivity index (χ2v) is 4.91. The fourth-order valence-corrected chi connectivity index (χ4v) is 2.62. The zero-order chi connectivity index (χ0) is 10.7. The van der Waals surface area contributed by atoms with E-state index in [4.69, 9.17) is 11.6 Å². The maximum Gasteiger partial charge on any atom is 0.142 e. The van der Waals surface area contributed by atoms with E-state index in [-0.39, 0.29) is 5.38 Å². The SMILES string of the molecule is CC1CC(Cl)CN(Cc2ncccn2)C1. The first kappa shape index (κ1) is 10.8. The highest BCUT2D eigenvalue weighted by Gasteiger charge is 2.23. The van der Waals surface area contributed by atoms with Crippen LogP contribution in [0.15, 0.2) is 18.5 Å². The normalized spacial score (nSPS) is 27.9. The van der Waals surface area contributed by atoms with Crippen LogP contribution in [0, 0.1) is 5.92 Å². The van der Waals surface area contributed by atoms with Crippen LogP contribution >= 0.6 is 11.6 Å². The molecule has 1 fully saturated rings. The van der Waals surface area contributed by atoms with Gasteiger partial charge in [0, 0.05) is 30.9 Å². The molecule has 1 aromatic rings. The maximum absolute atomic E-state index is 6.19. The molecule has 82 valence electrons. The molecule has 0 bridgehead atoms. The summed E-state index contributed by atoms with van der Waals surface area (Å²) in [5.41, 5.74) is 0. The van der Waals surface area contributed by atoms with Crippen LogP contribution in [0.4, 0.5) is 0 Å². The Morgan fingerprint density at radius 3 is 2.80 bits per heavy atom. The first-order valence-corrected chi connectivity index (χ1v) is 5.80. The Morgan fingerprint density at radius 2 is 2.13 bits per heavy atom. The molecule has 0 aromatic carbocycles. The van der Waals surface area contributed by atoms with Crippen molar-refractivity contribution in [3.63, 3.8) is 0 Å². The second-order valence-electron chi connectivity index (χ2n) is 4.30. The molecule has 3 nitrogen and oxygen atoms in total. The second kappa shape index (κ2) is 4.90. The summed E-state index contributed by atoms with van der Waals surface area (Å²) in [4.78, 5) is 10.8. The molecule has 1 aliphatic heterocycles. The Balaban J connectivity index is 1.94. The summed E-state index contributed by atoms with van der Waals surface area (Å²) < 4.78 is 0. The molecule has 0 amide bonds. The van der Waals surface area contributed by atoms with Crippen molar-refractivity contribution in [3.05, 3.63) is 24.3 Å². The number of likely N-dealkylation sites (tertiary alicyclic amines) is 1. The Bertz CT molecular complexity index is 294. The fraction of sp³-hybridized carbons (Fsp3) is 0.636. The van der Waals surface area contributed by atoms with Crippen molar-refractivity contribution < 1.29 is 0 Å². The van der Waals surface area contributed by atoms with Gasteiger partial charge in [-0.2, -0.15) is 0 Å². The van der Waals surface area contributed by atoms with Crippen LogP contribution in [-0.4, -0.2) is 33.3 Å². The zero-order valence-corrected chi connectivity index (χ0v) is 9.69. The first-order valence-electron chi connectivity index (χ1n) is 5.36. The van der Waals surface area contributed by atoms with Gasteiger partial charge in [0.25, 0.3) is 0 Å². The molecule has 1 aromatic heterocycles. The van der Waals surface area contributed by atoms with Gasteiger partial charge in [0.1, 0.15) is 5.82 Å². The van der Waals surface area contributed by atoms with Gasteiger partial charge in [-0.05, 0) is 18.4 Å². The largest absolute Gasteiger partial charge is 0.294 e. The summed E-state index contributed by atoms with van der Waals surface area (Å²) in [6.45, 7) is 5.10. The third-order valence-electron chi connectivity index (χ3n) is 2.67. The number of alkyl halides is 1. The molecule has 0 N–H and O–H groups in total. The molecule has 2 atom stereocenters. The van der Waals surface area contributed by atoms with Crippen molar-refractivity contribution in [2.24, 2.45) is 5.92 Å². The van der Waals surface area contributed by atoms with Gasteiger partial charge >= 0.3 is 0 Å². The van der Waals surface area contributed by atoms with Gasteiger partial charge in [0.2, 0.25) is 0 Å². The van der Waals surface area contributed by atoms with E-state index in [1.54, 1.807) is 12.4 Å². The minimum atomic E-state index is 0.275. The van der Waals surface area contributed by atoms with Crippen molar-refractivity contribution in [2.45, 2.75) is 25.3 Å². The van der Waals surface area contributed by atoms with Crippen LogP contribution in [0.25, 0.3) is 0 Å². The van der Waals surface area contributed by atoms with Crippen LogP contribution in [-0.2, 0) is 6.54 Å². The smallest absolute Gasteiger partial charge is 0.142 e. The molecule has 2 heterocycles. The van der Waals surface area contributed by atoms with Gasteiger partial charge in [-0.1, -0.05) is 6.92 Å². The average Bonchev–Trinajstić information content (AvgIpc) is 2.17. The predicted octanol–water partition coefficient (Wildman–Crippen LogP) is 1.93. The van der Waals surface area contributed by atoms with Gasteiger partial charge in [0.05, 0.1) is 6.54 Å². The molecule has 1 saturated heterocycles. The molecule has 2 unspecified atom stereocenters. The molecule has 0 radical (unpaired) electrons. The number of nitrogens with zero attached hydrogens (tertiary/aromatic N) is 3. The quantitative estimate of drug-likeness (QED) is 0.721. The Morgan fingerprint density at radius 1 is 1.40 bits per heavy atom. The molecular formula is C11H16ClN3. The highest BCUT2D eigenvalue weighted by atomic mass is 35.5. The summed E-state index contributed by atoms with van der Waals surface area (Å²) in [6, 6.07) is 1.84. The third-order valence-corrected chi connectivity index (χ3v) is 2.98. The highest BCUT2D eigenvalue weighted by Crippen LogP contribution is 2.21. The van der Waals surface area contributed by atoms with E-state index in [9.17, 15) is 0 Å². The van der Waals surface area contributed by atoms with E-state index >= 15 is 0 Å². The van der Waals surface area contributed by atoms with Crippen LogP contribution in [0.5, 0.6) is 0 Å². The van der Waals surface area contributed by atoms with E-state index in [0.717, 1.165) is 31.9 Å². The van der Waals surface area contributed by atoms with Crippen LogP contribution in [0.1, 0.15) is 19.2 Å². The number of hydrogen-bond acceptors (Lipinski definition) is 3. The number of hydrogen-bond donors (Lipinski definition) is 0.